The lowest BCUT2D eigenvalue weighted by atomic mass is 10.2. The van der Waals surface area contributed by atoms with E-state index in [1.54, 1.807) is 0 Å². The van der Waals surface area contributed by atoms with Crippen molar-refractivity contribution in [3.05, 3.63) is 0 Å². The first kappa shape index (κ1) is 15.9. The highest BCUT2D eigenvalue weighted by atomic mass is 16.5. The van der Waals surface area contributed by atoms with E-state index in [2.05, 4.69) is 45.0 Å². The van der Waals surface area contributed by atoms with Crippen LogP contribution in [0.1, 0.15) is 27.7 Å². The van der Waals surface area contributed by atoms with Gasteiger partial charge in [-0.05, 0) is 25.4 Å². The molecule has 0 heterocycles. The van der Waals surface area contributed by atoms with Gasteiger partial charge < -0.3 is 15.0 Å². The summed E-state index contributed by atoms with van der Waals surface area (Å²) >= 11 is 0. The number of ether oxygens (including phenoxy) is 1. The van der Waals surface area contributed by atoms with E-state index in [0.717, 1.165) is 51.2 Å². The van der Waals surface area contributed by atoms with Crippen molar-refractivity contribution in [3.8, 4) is 0 Å². The van der Waals surface area contributed by atoms with Crippen LogP contribution in [0.3, 0.4) is 0 Å². The average Bonchev–Trinajstić information content (AvgIpc) is 2.14. The van der Waals surface area contributed by atoms with E-state index in [1.807, 2.05) is 0 Å². The van der Waals surface area contributed by atoms with E-state index in [9.17, 15) is 0 Å². The van der Waals surface area contributed by atoms with Crippen molar-refractivity contribution in [1.82, 2.24) is 10.2 Å². The minimum absolute atomic E-state index is 0.720. The fourth-order valence-corrected chi connectivity index (χ4v) is 1.57. The highest BCUT2D eigenvalue weighted by Gasteiger charge is 2.00. The molecule has 0 saturated heterocycles. The van der Waals surface area contributed by atoms with Crippen LogP contribution < -0.4 is 5.32 Å². The van der Waals surface area contributed by atoms with E-state index in [4.69, 9.17) is 4.74 Å². The van der Waals surface area contributed by atoms with E-state index >= 15 is 0 Å². The molecule has 0 fully saturated rings. The van der Waals surface area contributed by atoms with E-state index < -0.39 is 0 Å². The summed E-state index contributed by atoms with van der Waals surface area (Å²) in [7, 11) is 2.15. The molecule has 3 nitrogen and oxygen atoms in total. The number of nitrogens with one attached hydrogen (secondary N) is 1. The highest BCUT2D eigenvalue weighted by molar-refractivity contribution is 4.54. The second-order valence-electron chi connectivity index (χ2n) is 5.37. The Balaban J connectivity index is 3.14. The summed E-state index contributed by atoms with van der Waals surface area (Å²) in [6.07, 6.45) is 0. The summed E-state index contributed by atoms with van der Waals surface area (Å²) in [5.74, 6) is 1.45. The van der Waals surface area contributed by atoms with Gasteiger partial charge in [-0.2, -0.15) is 0 Å². The van der Waals surface area contributed by atoms with Gasteiger partial charge in [0.15, 0.2) is 0 Å². The van der Waals surface area contributed by atoms with Gasteiger partial charge in [0.25, 0.3) is 0 Å². The van der Waals surface area contributed by atoms with Crippen molar-refractivity contribution in [1.29, 1.82) is 0 Å². The second-order valence-corrected chi connectivity index (χ2v) is 5.37. The smallest absolute Gasteiger partial charge is 0.0593 e. The molecule has 0 unspecified atom stereocenters. The number of likely N-dealkylation sites (N-methyl/N-ethyl adjacent to an activating group) is 1. The molecule has 0 saturated carbocycles. The Morgan fingerprint density at radius 3 is 2.31 bits per heavy atom. The van der Waals surface area contributed by atoms with Crippen molar-refractivity contribution in [3.63, 3.8) is 0 Å². The molecule has 0 spiro atoms. The van der Waals surface area contributed by atoms with Gasteiger partial charge in [-0.1, -0.05) is 27.7 Å². The largest absolute Gasteiger partial charge is 0.379 e. The monoisotopic (exact) mass is 230 g/mol. The topological polar surface area (TPSA) is 24.5 Å². The first-order valence-electron chi connectivity index (χ1n) is 6.49. The first-order valence-corrected chi connectivity index (χ1v) is 6.49. The van der Waals surface area contributed by atoms with Crippen molar-refractivity contribution in [2.75, 3.05) is 46.4 Å². The zero-order chi connectivity index (χ0) is 12.4. The zero-order valence-electron chi connectivity index (χ0n) is 11.8. The van der Waals surface area contributed by atoms with Crippen LogP contribution in [-0.2, 0) is 4.74 Å². The Hall–Kier alpha value is -0.120. The van der Waals surface area contributed by atoms with Gasteiger partial charge in [0, 0.05) is 19.6 Å². The maximum atomic E-state index is 5.56. The van der Waals surface area contributed by atoms with Gasteiger partial charge in [0.1, 0.15) is 0 Å². The van der Waals surface area contributed by atoms with Crippen LogP contribution in [-0.4, -0.2) is 51.3 Å². The highest BCUT2D eigenvalue weighted by Crippen LogP contribution is 1.94. The third-order valence-electron chi connectivity index (χ3n) is 2.27. The van der Waals surface area contributed by atoms with Gasteiger partial charge in [0.05, 0.1) is 13.2 Å². The van der Waals surface area contributed by atoms with Gasteiger partial charge in [-0.15, -0.1) is 0 Å². The van der Waals surface area contributed by atoms with Gasteiger partial charge in [-0.3, -0.25) is 0 Å². The Labute approximate surface area is 102 Å². The summed E-state index contributed by atoms with van der Waals surface area (Å²) in [5, 5.41) is 3.37. The molecule has 0 aromatic carbocycles. The lowest BCUT2D eigenvalue weighted by Crippen LogP contribution is -2.29. The molecule has 0 aromatic rings. The number of rotatable bonds is 10. The molecule has 0 bridgehead atoms. The first-order chi connectivity index (χ1) is 7.52. The Morgan fingerprint density at radius 2 is 1.75 bits per heavy atom. The fraction of sp³-hybridized carbons (Fsp3) is 1.00. The fourth-order valence-electron chi connectivity index (χ4n) is 1.57. The maximum Gasteiger partial charge on any atom is 0.0593 e. The molecule has 0 radical (unpaired) electrons. The summed E-state index contributed by atoms with van der Waals surface area (Å²) in [6, 6.07) is 0. The maximum absolute atomic E-state index is 5.56. The third kappa shape index (κ3) is 12.0. The van der Waals surface area contributed by atoms with Gasteiger partial charge in [-0.25, -0.2) is 0 Å². The Kier molecular flexibility index (Phi) is 9.99. The summed E-state index contributed by atoms with van der Waals surface area (Å²) in [6.45, 7) is 14.8. The van der Waals surface area contributed by atoms with Crippen molar-refractivity contribution < 1.29 is 4.74 Å². The summed E-state index contributed by atoms with van der Waals surface area (Å²) in [4.78, 5) is 2.33. The predicted octanol–water partition coefficient (Wildman–Crippen LogP) is 1.84. The Bertz CT molecular complexity index is 149. The van der Waals surface area contributed by atoms with E-state index in [0.29, 0.717) is 0 Å². The predicted molar refractivity (Wildman–Crippen MR) is 70.9 cm³/mol. The molecule has 0 aliphatic rings. The zero-order valence-corrected chi connectivity index (χ0v) is 11.8. The molecule has 1 N–H and O–H groups in total. The van der Waals surface area contributed by atoms with Crippen molar-refractivity contribution in [2.45, 2.75) is 27.7 Å². The summed E-state index contributed by atoms with van der Waals surface area (Å²) < 4.78 is 5.56. The van der Waals surface area contributed by atoms with Gasteiger partial charge in [0.2, 0.25) is 0 Å². The molecule has 0 aliphatic carbocycles. The quantitative estimate of drug-likeness (QED) is 0.580. The molecule has 3 heteroatoms. The van der Waals surface area contributed by atoms with Crippen LogP contribution in [0.4, 0.5) is 0 Å². The molecular formula is C13H30N2O. The van der Waals surface area contributed by atoms with Crippen LogP contribution in [0.5, 0.6) is 0 Å². The minimum Gasteiger partial charge on any atom is -0.379 e. The van der Waals surface area contributed by atoms with E-state index in [1.165, 1.54) is 0 Å². The third-order valence-corrected chi connectivity index (χ3v) is 2.27. The lowest BCUT2D eigenvalue weighted by molar-refractivity contribution is 0.109. The van der Waals surface area contributed by atoms with Crippen LogP contribution in [0, 0.1) is 11.8 Å². The molecule has 0 amide bonds. The van der Waals surface area contributed by atoms with Gasteiger partial charge >= 0.3 is 0 Å². The number of nitrogens with zero attached hydrogens (tertiary/aromatic N) is 1. The van der Waals surface area contributed by atoms with Crippen molar-refractivity contribution in [2.24, 2.45) is 11.8 Å². The number of hydrogen-bond donors (Lipinski definition) is 1. The average molecular weight is 230 g/mol. The normalized spacial score (nSPS) is 12.0. The standard InChI is InChI=1S/C13H30N2O/c1-12(2)10-14-6-8-16-9-7-15(5)11-13(3)4/h12-14H,6-11H2,1-5H3. The Morgan fingerprint density at radius 1 is 1.06 bits per heavy atom. The molecule has 0 aromatic heterocycles. The minimum atomic E-state index is 0.720. The van der Waals surface area contributed by atoms with Crippen LogP contribution in [0.25, 0.3) is 0 Å². The molecule has 0 rings (SSSR count). The molecule has 0 atom stereocenters. The number of hydrogen-bond acceptors (Lipinski definition) is 3. The second kappa shape index (κ2) is 10.1. The lowest BCUT2D eigenvalue weighted by Gasteiger charge is -2.18. The molecular weight excluding hydrogens is 200 g/mol. The summed E-state index contributed by atoms with van der Waals surface area (Å²) in [5.41, 5.74) is 0. The SMILES string of the molecule is CC(C)CNCCOCCN(C)CC(C)C. The molecule has 98 valence electrons. The van der Waals surface area contributed by atoms with Crippen LogP contribution in [0.15, 0.2) is 0 Å². The van der Waals surface area contributed by atoms with Crippen molar-refractivity contribution >= 4 is 0 Å². The van der Waals surface area contributed by atoms with Crippen LogP contribution >= 0.6 is 0 Å². The van der Waals surface area contributed by atoms with E-state index in [-0.39, 0.29) is 0 Å². The van der Waals surface area contributed by atoms with Crippen LogP contribution in [0.2, 0.25) is 0 Å². The molecule has 0 aliphatic heterocycles. The molecule has 16 heavy (non-hydrogen) atoms.